The Morgan fingerprint density at radius 1 is 1.13 bits per heavy atom. The predicted octanol–water partition coefficient (Wildman–Crippen LogP) is 1.84. The number of hydrogen-bond acceptors (Lipinski definition) is 4. The highest BCUT2D eigenvalue weighted by Crippen LogP contribution is 2.59. The van der Waals surface area contributed by atoms with Crippen molar-refractivity contribution in [2.24, 2.45) is 5.73 Å². The molecule has 0 saturated carbocycles. The lowest BCUT2D eigenvalue weighted by atomic mass is 9.52. The Hall–Kier alpha value is -2.73. The van der Waals surface area contributed by atoms with Crippen LogP contribution in [-0.2, 0) is 10.3 Å². The largest absolute Gasteiger partial charge is 0.480 e. The predicted molar refractivity (Wildman–Crippen MR) is 81.7 cm³/mol. The van der Waals surface area contributed by atoms with E-state index in [2.05, 4.69) is 0 Å². The Labute approximate surface area is 131 Å². The molecule has 0 spiro atoms. The van der Waals surface area contributed by atoms with Gasteiger partial charge in [0.05, 0.1) is 6.42 Å². The van der Waals surface area contributed by atoms with E-state index in [9.17, 15) is 20.0 Å². The van der Waals surface area contributed by atoms with Crippen LogP contribution in [0.1, 0.15) is 34.6 Å². The summed E-state index contributed by atoms with van der Waals surface area (Å²) in [6, 6.07) is 13.9. The molecule has 0 radical (unpaired) electrons. The second kappa shape index (κ2) is 4.17. The molecule has 0 fully saturated rings. The molecule has 0 saturated heterocycles. The lowest BCUT2D eigenvalue weighted by Crippen LogP contribution is -2.65. The molecule has 23 heavy (non-hydrogen) atoms. The second-order valence-corrected chi connectivity index (χ2v) is 6.25. The normalized spacial score (nSPS) is 30.4. The van der Waals surface area contributed by atoms with Crippen molar-refractivity contribution in [2.75, 3.05) is 0 Å². The van der Waals surface area contributed by atoms with Gasteiger partial charge in [-0.25, -0.2) is 0 Å². The highest BCUT2D eigenvalue weighted by molar-refractivity contribution is 5.84. The van der Waals surface area contributed by atoms with Crippen LogP contribution < -0.4 is 5.73 Å². The molecule has 1 atom stereocenters. The van der Waals surface area contributed by atoms with Crippen molar-refractivity contribution in [3.8, 4) is 0 Å². The van der Waals surface area contributed by atoms with Gasteiger partial charge < -0.3 is 10.8 Å². The van der Waals surface area contributed by atoms with Crippen LogP contribution in [0.5, 0.6) is 0 Å². The third-order valence-electron chi connectivity index (χ3n) is 5.21. The Bertz CT molecular complexity index is 816. The van der Waals surface area contributed by atoms with Gasteiger partial charge in [0.25, 0.3) is 5.54 Å². The summed E-state index contributed by atoms with van der Waals surface area (Å²) >= 11 is 0. The number of nitrogens with two attached hydrogens (primary N) is 1. The molecule has 2 aromatic carbocycles. The molecule has 6 nitrogen and oxygen atoms in total. The Balaban J connectivity index is 2.18. The van der Waals surface area contributed by atoms with Gasteiger partial charge in [0.1, 0.15) is 5.54 Å². The summed E-state index contributed by atoms with van der Waals surface area (Å²) < 4.78 is 0. The fraction of sp³-hybridized carbons (Fsp3) is 0.235. The first-order valence-electron chi connectivity index (χ1n) is 7.28. The lowest BCUT2D eigenvalue weighted by Gasteiger charge is -2.50. The number of rotatable bonds is 2. The summed E-state index contributed by atoms with van der Waals surface area (Å²) in [7, 11) is 0. The van der Waals surface area contributed by atoms with Crippen molar-refractivity contribution in [3.63, 3.8) is 0 Å². The summed E-state index contributed by atoms with van der Waals surface area (Å²) in [5.41, 5.74) is 5.30. The highest BCUT2D eigenvalue weighted by atomic mass is 16.6. The van der Waals surface area contributed by atoms with E-state index in [1.165, 1.54) is 0 Å². The van der Waals surface area contributed by atoms with Crippen LogP contribution in [0, 0.1) is 10.1 Å². The van der Waals surface area contributed by atoms with E-state index in [4.69, 9.17) is 5.73 Å². The zero-order chi connectivity index (χ0) is 16.4. The van der Waals surface area contributed by atoms with E-state index in [0.717, 1.165) is 0 Å². The SMILES string of the molecule is NC1(C(=O)O)CC2([N+](=O)[O-])c3ccccc3C1c1ccccc12. The van der Waals surface area contributed by atoms with E-state index >= 15 is 0 Å². The van der Waals surface area contributed by atoms with Gasteiger partial charge in [-0.1, -0.05) is 48.5 Å². The van der Waals surface area contributed by atoms with Crippen LogP contribution in [-0.4, -0.2) is 21.5 Å². The Morgan fingerprint density at radius 2 is 1.61 bits per heavy atom. The van der Waals surface area contributed by atoms with Crippen molar-refractivity contribution < 1.29 is 14.8 Å². The zero-order valence-corrected chi connectivity index (χ0v) is 12.1. The second-order valence-electron chi connectivity index (χ2n) is 6.25. The average Bonchev–Trinajstić information content (AvgIpc) is 2.54. The monoisotopic (exact) mass is 310 g/mol. The Kier molecular flexibility index (Phi) is 2.52. The molecule has 3 aliphatic rings. The number of carboxylic acid groups (broad SMARTS) is 1. The first-order chi connectivity index (χ1) is 10.9. The van der Waals surface area contributed by atoms with Gasteiger partial charge in [0, 0.05) is 22.0 Å². The minimum Gasteiger partial charge on any atom is -0.480 e. The van der Waals surface area contributed by atoms with Crippen LogP contribution in [0.2, 0.25) is 0 Å². The molecule has 3 aliphatic carbocycles. The van der Waals surface area contributed by atoms with Crippen LogP contribution in [0.25, 0.3) is 0 Å². The van der Waals surface area contributed by atoms with Gasteiger partial charge in [0.15, 0.2) is 0 Å². The summed E-state index contributed by atoms with van der Waals surface area (Å²) in [6.07, 6.45) is -0.249. The van der Waals surface area contributed by atoms with Crippen LogP contribution in [0.3, 0.4) is 0 Å². The smallest absolute Gasteiger partial charge is 0.324 e. The molecule has 0 amide bonds. The summed E-state index contributed by atoms with van der Waals surface area (Å²) in [5.74, 6) is -1.80. The third kappa shape index (κ3) is 1.44. The number of nitro groups is 1. The molecule has 0 aliphatic heterocycles. The van der Waals surface area contributed by atoms with Gasteiger partial charge in [-0.3, -0.25) is 14.9 Å². The van der Waals surface area contributed by atoms with Crippen molar-refractivity contribution in [1.29, 1.82) is 0 Å². The first kappa shape index (κ1) is 13.9. The van der Waals surface area contributed by atoms with Crippen molar-refractivity contribution in [1.82, 2.24) is 0 Å². The van der Waals surface area contributed by atoms with E-state index in [-0.39, 0.29) is 11.3 Å². The van der Waals surface area contributed by atoms with Crippen LogP contribution >= 0.6 is 0 Å². The average molecular weight is 310 g/mol. The van der Waals surface area contributed by atoms with Crippen LogP contribution in [0.4, 0.5) is 0 Å². The molecule has 3 N–H and O–H groups in total. The number of nitrogens with zero attached hydrogens (tertiary/aromatic N) is 1. The van der Waals surface area contributed by atoms with Gasteiger partial charge >= 0.3 is 5.97 Å². The Morgan fingerprint density at radius 3 is 2.04 bits per heavy atom. The van der Waals surface area contributed by atoms with Crippen molar-refractivity contribution >= 4 is 5.97 Å². The fourth-order valence-corrected chi connectivity index (χ4v) is 4.29. The molecule has 0 heterocycles. The molecule has 2 bridgehead atoms. The molecule has 1 unspecified atom stereocenters. The summed E-state index contributed by atoms with van der Waals surface area (Å²) in [6.45, 7) is 0. The first-order valence-corrected chi connectivity index (χ1v) is 7.28. The van der Waals surface area contributed by atoms with Gasteiger partial charge in [-0.15, -0.1) is 0 Å². The fourth-order valence-electron chi connectivity index (χ4n) is 4.29. The lowest BCUT2D eigenvalue weighted by molar-refractivity contribution is -0.571. The minimum absolute atomic E-state index is 0.249. The van der Waals surface area contributed by atoms with Crippen molar-refractivity contribution in [2.45, 2.75) is 23.4 Å². The number of hydrogen-bond donors (Lipinski definition) is 2. The number of aliphatic carboxylic acids is 1. The van der Waals surface area contributed by atoms with E-state index in [1.54, 1.807) is 48.5 Å². The molecule has 2 aromatic rings. The van der Waals surface area contributed by atoms with Crippen molar-refractivity contribution in [3.05, 3.63) is 80.9 Å². The molecule has 0 aromatic heterocycles. The number of benzene rings is 2. The zero-order valence-electron chi connectivity index (χ0n) is 12.1. The maximum atomic E-state index is 12.1. The van der Waals surface area contributed by atoms with Crippen LogP contribution in [0.15, 0.2) is 48.5 Å². The van der Waals surface area contributed by atoms with E-state index < -0.39 is 23.0 Å². The highest BCUT2D eigenvalue weighted by Gasteiger charge is 2.67. The number of carbonyl (C=O) groups is 1. The molecule has 116 valence electrons. The molecule has 5 rings (SSSR count). The number of fused-ring (bicyclic) bond motifs is 1. The summed E-state index contributed by atoms with van der Waals surface area (Å²) in [5, 5.41) is 21.8. The molecular weight excluding hydrogens is 296 g/mol. The van der Waals surface area contributed by atoms with Gasteiger partial charge in [0.2, 0.25) is 0 Å². The van der Waals surface area contributed by atoms with Gasteiger partial charge in [-0.05, 0) is 11.1 Å². The third-order valence-corrected chi connectivity index (χ3v) is 5.21. The number of carboxylic acids is 1. The topological polar surface area (TPSA) is 106 Å². The quantitative estimate of drug-likeness (QED) is 0.650. The maximum Gasteiger partial charge on any atom is 0.324 e. The van der Waals surface area contributed by atoms with Gasteiger partial charge in [-0.2, -0.15) is 0 Å². The molecule has 6 heteroatoms. The maximum absolute atomic E-state index is 12.1. The minimum atomic E-state index is -1.70. The summed E-state index contributed by atoms with van der Waals surface area (Å²) in [4.78, 5) is 23.6. The van der Waals surface area contributed by atoms with E-state index in [0.29, 0.717) is 22.3 Å². The van der Waals surface area contributed by atoms with E-state index in [1.807, 2.05) is 0 Å². The standard InChI is InChI=1S/C17H14N2O4/c18-16(15(20)21)9-17(19(22)23)12-7-3-1-5-10(12)14(16)11-6-2-4-8-13(11)17/h1-8,14H,9,18H2,(H,20,21). The molecular formula is C17H14N2O4.